The second kappa shape index (κ2) is 59.0. The molecule has 0 spiro atoms. The molecule has 2 atom stereocenters. The smallest absolute Gasteiger partial charge is 0.358 e. The van der Waals surface area contributed by atoms with Crippen molar-refractivity contribution in [3.8, 4) is 0 Å². The molecule has 0 radical (unpaired) electrons. The van der Waals surface area contributed by atoms with Gasteiger partial charge in [-0.25, -0.2) is 28.7 Å². The molecule has 4 saturated carbocycles. The Hall–Kier alpha value is 0.930. The van der Waals surface area contributed by atoms with Crippen molar-refractivity contribution in [3.63, 3.8) is 0 Å². The van der Waals surface area contributed by atoms with E-state index >= 15 is 0 Å². The van der Waals surface area contributed by atoms with Crippen molar-refractivity contribution in [3.05, 3.63) is 59.4 Å². The monoisotopic (exact) mass is 1610 g/mol. The third-order valence-corrected chi connectivity index (χ3v) is 35.6. The van der Waals surface area contributed by atoms with E-state index in [0.29, 0.717) is 12.1 Å². The maximum Gasteiger partial charge on any atom is 2.00 e. The van der Waals surface area contributed by atoms with Crippen LogP contribution in [0.2, 0.25) is 0 Å². The molecule has 8 heterocycles. The molecule has 8 fully saturated rings. The number of rotatable bonds is 14. The SMILES string of the molecule is C.C.C.C.C1CCC([PH+](C2CCCCC2)N2CCCN3CCCN=C32)CC1.CC(C)C[PH+](CC(C)C)N1CCCN2CCCN=C21.CC1CCN2CCCN([PH+](C(C)C)C(C)C)C2=N1.CC1CCN2CCCN([PH+](C3CCCC3)C3CCCC3)C2=N1.[CH3-].[CH3-].[CH3-].[CH3-].[CH3-].[CH3-].[CH3-].[CH3-].[Cr+2].[Cr+2].[Cr+2].[Cr+2]. The minimum atomic E-state index is -0.510. The molecule has 0 N–H and O–H groups in total. The maximum absolute atomic E-state index is 5.14. The van der Waals surface area contributed by atoms with Crippen LogP contribution in [0.15, 0.2) is 20.0 Å². The zero-order valence-corrected chi connectivity index (χ0v) is 73.6. The number of guanidine groups is 4. The van der Waals surface area contributed by atoms with Gasteiger partial charge in [0.05, 0.1) is 92.6 Å². The Morgan fingerprint density at radius 2 is 0.582 bits per heavy atom. The van der Waals surface area contributed by atoms with Crippen LogP contribution in [0.3, 0.4) is 0 Å². The summed E-state index contributed by atoms with van der Waals surface area (Å²) in [5.41, 5.74) is 5.76. The summed E-state index contributed by atoms with van der Waals surface area (Å²) in [4.78, 5) is 30.3. The number of nitrogens with zero attached hydrogens (tertiary/aromatic N) is 12. The molecule has 8 aliphatic heterocycles. The van der Waals surface area contributed by atoms with Crippen molar-refractivity contribution in [2.24, 2.45) is 31.8 Å². The molecular formula is C78H168Cr4N12P4+4. The molecular weight excluding hydrogens is 1440 g/mol. The Morgan fingerprint density at radius 1 is 0.316 bits per heavy atom. The standard InChI is InChI=1S/C19H34N3P.C18H32N3P.C15H30N3P.C14H28N3P.4CH4.8CH3.4Cr/c1-3-9-17(10-4-1)23(18-11-5-2-6-12-18)22-16-8-15-21-14-7-13-20-19(21)22;1-15-11-14-20-12-6-13-21(18(20)19-15)22(16-7-2-3-8-16)17-9-4-5-10-17;1-13(2)11-19(12-14(3)4)18-10-6-9-17-8-5-7-16-15(17)18;1-11(2)18(12(3)4)17-9-6-8-16-10-7-13(5)15-14(16)17;;;;;;;;;;;;;;;;/h17-18H,1-16H2;15-17H,2-14H2,1H3;13-14H,5-12H2,1-4H3;11-13H,6-10H2,1-5H3;4*1H4;8*1H3;;;;/q;;;;;;;;8*-1;4*+2/p+4. The van der Waals surface area contributed by atoms with Crippen LogP contribution in [0, 0.1) is 71.2 Å². The minimum Gasteiger partial charge on any atom is -0.358 e. The molecule has 12 aliphatic rings. The average molecular weight is 1610 g/mol. The second-order valence-electron chi connectivity index (χ2n) is 29.2. The number of hydrogen-bond donors (Lipinski definition) is 0. The molecule has 0 aromatic carbocycles. The summed E-state index contributed by atoms with van der Waals surface area (Å²) in [7, 11) is -1.85. The molecule has 580 valence electrons. The molecule has 12 rings (SSSR count). The van der Waals surface area contributed by atoms with E-state index in [9.17, 15) is 0 Å². The zero-order valence-electron chi connectivity index (χ0n) is 64.5. The van der Waals surface area contributed by atoms with Gasteiger partial charge >= 0.3 is 69.4 Å². The molecule has 20 heteroatoms. The van der Waals surface area contributed by atoms with Crippen molar-refractivity contribution < 1.29 is 69.4 Å². The van der Waals surface area contributed by atoms with E-state index in [1.165, 1.54) is 282 Å². The van der Waals surface area contributed by atoms with E-state index in [2.05, 4.69) is 108 Å². The second-order valence-corrected chi connectivity index (χ2v) is 41.4. The Morgan fingerprint density at radius 3 is 0.908 bits per heavy atom. The van der Waals surface area contributed by atoms with Gasteiger partial charge in [-0.3, -0.25) is 9.98 Å². The first-order chi connectivity index (χ1) is 39.8. The van der Waals surface area contributed by atoms with E-state index < -0.39 is 32.3 Å². The summed E-state index contributed by atoms with van der Waals surface area (Å²) in [5.74, 6) is 7.17. The van der Waals surface area contributed by atoms with Crippen LogP contribution in [0.1, 0.15) is 266 Å². The first-order valence-corrected chi connectivity index (χ1v) is 42.3. The molecule has 2 unspecified atom stereocenters. The molecule has 0 aromatic rings. The van der Waals surface area contributed by atoms with E-state index in [1.54, 1.807) is 0 Å². The van der Waals surface area contributed by atoms with E-state index in [4.69, 9.17) is 20.0 Å². The normalized spacial score (nSPS) is 22.0. The van der Waals surface area contributed by atoms with Gasteiger partial charge in [0, 0.05) is 65.4 Å². The van der Waals surface area contributed by atoms with Crippen LogP contribution < -0.4 is 0 Å². The molecule has 98 heavy (non-hydrogen) atoms. The van der Waals surface area contributed by atoms with Gasteiger partial charge in [-0.05, 0) is 207 Å². The minimum absolute atomic E-state index is 0. The van der Waals surface area contributed by atoms with Crippen molar-refractivity contribution >= 4 is 56.1 Å². The fourth-order valence-electron chi connectivity index (χ4n) is 17.1. The van der Waals surface area contributed by atoms with E-state index in [1.807, 2.05) is 0 Å². The number of aliphatic imine (C=N–C) groups is 4. The van der Waals surface area contributed by atoms with Gasteiger partial charge < -0.3 is 79.0 Å². The predicted octanol–water partition coefficient (Wildman–Crippen LogP) is 21.1. The summed E-state index contributed by atoms with van der Waals surface area (Å²) >= 11 is 0. The van der Waals surface area contributed by atoms with Crippen molar-refractivity contribution in [1.29, 1.82) is 0 Å². The predicted molar refractivity (Wildman–Crippen MR) is 448 cm³/mol. The van der Waals surface area contributed by atoms with Crippen molar-refractivity contribution in [1.82, 2.24) is 38.3 Å². The van der Waals surface area contributed by atoms with Gasteiger partial charge in [0.2, 0.25) is 23.8 Å². The molecule has 4 aliphatic carbocycles. The van der Waals surface area contributed by atoms with Gasteiger partial charge in [0.1, 0.15) is 24.2 Å². The first-order valence-electron chi connectivity index (χ1n) is 35.6. The summed E-state index contributed by atoms with van der Waals surface area (Å²) in [5, 5.41) is 0. The third kappa shape index (κ3) is 32.0. The molecule has 4 saturated heterocycles. The van der Waals surface area contributed by atoms with Crippen LogP contribution in [-0.2, 0) is 69.4 Å². The fraction of sp³-hybridized carbons (Fsp3) is 0.846. The van der Waals surface area contributed by atoms with Crippen LogP contribution in [0.25, 0.3) is 0 Å². The Bertz CT molecular complexity index is 1990. The van der Waals surface area contributed by atoms with Gasteiger partial charge in [0.25, 0.3) is 0 Å². The zero-order chi connectivity index (χ0) is 57.5. The Kier molecular flexibility index (Phi) is 69.0. The van der Waals surface area contributed by atoms with Crippen molar-refractivity contribution in [2.45, 2.75) is 312 Å². The Labute approximate surface area is 665 Å². The van der Waals surface area contributed by atoms with Gasteiger partial charge in [0.15, 0.2) is 0 Å². The van der Waals surface area contributed by atoms with Crippen LogP contribution in [-0.4, -0.2) is 212 Å². The molecule has 0 amide bonds. The summed E-state index contributed by atoms with van der Waals surface area (Å²) in [6.07, 6.45) is 40.2. The summed E-state index contributed by atoms with van der Waals surface area (Å²) < 4.78 is 11.2. The van der Waals surface area contributed by atoms with Crippen molar-refractivity contribution in [2.75, 3.05) is 104 Å². The van der Waals surface area contributed by atoms with Crippen LogP contribution in [0.5, 0.6) is 0 Å². The maximum atomic E-state index is 5.14. The van der Waals surface area contributed by atoms with Crippen LogP contribution >= 0.6 is 32.3 Å². The average Bonchev–Trinajstić information content (AvgIpc) is 1.14. The Balaban J connectivity index is -0.000000175. The number of hydrogen-bond acceptors (Lipinski definition) is 12. The summed E-state index contributed by atoms with van der Waals surface area (Å²) in [6.45, 7) is 40.8. The van der Waals surface area contributed by atoms with Gasteiger partial charge in [-0.2, -0.15) is 0 Å². The van der Waals surface area contributed by atoms with E-state index in [0.717, 1.165) is 58.9 Å². The third-order valence-electron chi connectivity index (χ3n) is 20.7. The fourth-order valence-corrected chi connectivity index (χ4v) is 32.8. The largest absolute Gasteiger partial charge is 2.00 e. The van der Waals surface area contributed by atoms with Gasteiger partial charge in [-0.15, -0.1) is 0 Å². The quantitative estimate of drug-likeness (QED) is 0.126. The number of fused-ring (bicyclic) bond motifs is 4. The summed E-state index contributed by atoms with van der Waals surface area (Å²) in [6, 6.07) is 1.06. The van der Waals surface area contributed by atoms with Crippen LogP contribution in [0.4, 0.5) is 0 Å². The topological polar surface area (TPSA) is 75.4 Å². The molecule has 0 aromatic heterocycles. The molecule has 12 nitrogen and oxygen atoms in total. The van der Waals surface area contributed by atoms with Gasteiger partial charge in [-0.1, -0.05) is 70.2 Å². The molecule has 0 bridgehead atoms. The van der Waals surface area contributed by atoms with E-state index in [-0.39, 0.29) is 159 Å². The first kappa shape index (κ1) is 115.